The van der Waals surface area contributed by atoms with Gasteiger partial charge in [0.05, 0.1) is 23.0 Å². The monoisotopic (exact) mass is 520 g/mol. The number of aliphatic imine (C=N–C) groups is 1. The number of aliphatic hydroxyl groups excluding tert-OH is 1. The lowest BCUT2D eigenvalue weighted by Gasteiger charge is -2.29. The van der Waals surface area contributed by atoms with Gasteiger partial charge in [-0.15, -0.1) is 12.8 Å². The number of nitrogens with one attached hydrogen (secondary N) is 2. The summed E-state index contributed by atoms with van der Waals surface area (Å²) in [4.78, 5) is 16.2. The molecule has 2 aromatic carbocycles. The van der Waals surface area contributed by atoms with Crippen molar-refractivity contribution in [2.24, 2.45) is 15.8 Å². The van der Waals surface area contributed by atoms with Crippen LogP contribution in [0.2, 0.25) is 0 Å². The number of nitrogens with zero attached hydrogens (tertiary/aromatic N) is 3. The average Bonchev–Trinajstić information content (AvgIpc) is 3.24. The minimum atomic E-state index is -4.74. The normalized spacial score (nSPS) is 19.1. The van der Waals surface area contributed by atoms with Crippen LogP contribution >= 0.6 is 0 Å². The Balaban J connectivity index is 0.00000186. The Morgan fingerprint density at radius 1 is 1.11 bits per heavy atom. The van der Waals surface area contributed by atoms with Crippen LogP contribution in [0, 0.1) is 24.5 Å². The number of aliphatic hydroxyl groups is 1. The Morgan fingerprint density at radius 3 is 2.41 bits per heavy atom. The highest BCUT2D eigenvalue weighted by Gasteiger charge is 2.42. The Labute approximate surface area is 208 Å². The van der Waals surface area contributed by atoms with Crippen LogP contribution in [0.4, 0.5) is 38.1 Å². The quantitative estimate of drug-likeness (QED) is 0.357. The number of amidine groups is 1. The van der Waals surface area contributed by atoms with Crippen LogP contribution < -0.4 is 16.4 Å². The van der Waals surface area contributed by atoms with Crippen molar-refractivity contribution in [3.8, 4) is 12.8 Å². The molecule has 0 bridgehead atoms. The molecule has 0 aliphatic carbocycles. The molecule has 5 N–H and O–H groups in total. The first kappa shape index (κ1) is 27.2. The van der Waals surface area contributed by atoms with Gasteiger partial charge in [0.1, 0.15) is 29.9 Å². The zero-order valence-electron chi connectivity index (χ0n) is 19.2. The molecule has 37 heavy (non-hydrogen) atoms. The van der Waals surface area contributed by atoms with Crippen LogP contribution in [0.5, 0.6) is 0 Å². The fourth-order valence-electron chi connectivity index (χ4n) is 3.93. The summed E-state index contributed by atoms with van der Waals surface area (Å²) in [6.45, 7) is 1.54. The molecule has 13 heteroatoms. The zero-order valence-corrected chi connectivity index (χ0v) is 19.2. The molecule has 0 radical (unpaired) electrons. The van der Waals surface area contributed by atoms with E-state index in [0.717, 1.165) is 6.07 Å². The highest BCUT2D eigenvalue weighted by molar-refractivity contribution is 6.00. The van der Waals surface area contributed by atoms with Gasteiger partial charge in [-0.3, -0.25) is 5.01 Å². The molecular formula is C24H21F5N6O2. The summed E-state index contributed by atoms with van der Waals surface area (Å²) in [7, 11) is 0. The number of hydrogen-bond acceptors (Lipinski definition) is 6. The van der Waals surface area contributed by atoms with Gasteiger partial charge in [0, 0.05) is 12.1 Å². The summed E-state index contributed by atoms with van der Waals surface area (Å²) in [5.41, 5.74) is 4.75. The van der Waals surface area contributed by atoms with Gasteiger partial charge in [-0.25, -0.2) is 18.6 Å². The van der Waals surface area contributed by atoms with E-state index < -0.39 is 53.2 Å². The molecule has 0 fully saturated rings. The lowest BCUT2D eigenvalue weighted by molar-refractivity contribution is -0.137. The van der Waals surface area contributed by atoms with Gasteiger partial charge >= 0.3 is 12.2 Å². The van der Waals surface area contributed by atoms with Crippen molar-refractivity contribution >= 4 is 29.6 Å². The van der Waals surface area contributed by atoms with Gasteiger partial charge < -0.3 is 21.5 Å². The maximum Gasteiger partial charge on any atom is 0.416 e. The van der Waals surface area contributed by atoms with Crippen molar-refractivity contribution in [1.29, 1.82) is 0 Å². The Kier molecular flexibility index (Phi) is 7.83. The molecule has 2 heterocycles. The lowest BCUT2D eigenvalue weighted by Crippen LogP contribution is -2.43. The first-order valence-corrected chi connectivity index (χ1v) is 10.6. The van der Waals surface area contributed by atoms with E-state index >= 15 is 0 Å². The molecule has 2 aliphatic rings. The summed E-state index contributed by atoms with van der Waals surface area (Å²) < 4.78 is 67.4. The van der Waals surface area contributed by atoms with Crippen molar-refractivity contribution < 1.29 is 31.9 Å². The van der Waals surface area contributed by atoms with E-state index in [1.54, 1.807) is 6.20 Å². The van der Waals surface area contributed by atoms with E-state index in [-0.39, 0.29) is 11.5 Å². The van der Waals surface area contributed by atoms with Crippen LogP contribution in [-0.2, 0) is 6.18 Å². The summed E-state index contributed by atoms with van der Waals surface area (Å²) in [5, 5.41) is 19.9. The van der Waals surface area contributed by atoms with Crippen LogP contribution in [0.25, 0.3) is 0 Å². The second-order valence-corrected chi connectivity index (χ2v) is 7.90. The maximum absolute atomic E-state index is 14.9. The van der Waals surface area contributed by atoms with Gasteiger partial charge in [0.2, 0.25) is 0 Å². The number of amides is 2. The molecule has 2 aromatic rings. The first-order valence-electron chi connectivity index (χ1n) is 10.6. The number of halogens is 5. The van der Waals surface area contributed by atoms with Crippen molar-refractivity contribution in [3.63, 3.8) is 0 Å². The number of alkyl halides is 3. The summed E-state index contributed by atoms with van der Waals surface area (Å²) >= 11 is 0. The highest BCUT2D eigenvalue weighted by atomic mass is 19.4. The van der Waals surface area contributed by atoms with Crippen molar-refractivity contribution in [3.05, 3.63) is 70.9 Å². The number of urea groups is 1. The molecule has 3 atom stereocenters. The second-order valence-electron chi connectivity index (χ2n) is 7.90. The second kappa shape index (κ2) is 10.7. The molecule has 0 spiro atoms. The van der Waals surface area contributed by atoms with Gasteiger partial charge in [0.15, 0.2) is 0 Å². The average molecular weight is 520 g/mol. The summed E-state index contributed by atoms with van der Waals surface area (Å²) in [6.07, 6.45) is 5.21. The number of benzene rings is 2. The highest BCUT2D eigenvalue weighted by Crippen LogP contribution is 2.40. The van der Waals surface area contributed by atoms with Crippen LogP contribution in [0.3, 0.4) is 0 Å². The van der Waals surface area contributed by atoms with E-state index in [1.807, 2.05) is 5.32 Å². The fraction of sp³-hybridized carbons (Fsp3) is 0.208. The smallest absolute Gasteiger partial charge is 0.389 e. The number of rotatable bonds is 4. The maximum atomic E-state index is 14.9. The molecule has 2 amide bonds. The fourth-order valence-corrected chi connectivity index (χ4v) is 3.93. The molecule has 0 saturated heterocycles. The standard InChI is InChI=1S/C22H19F5N6O2.C2H2/c1-10(34)13-8-33-19(20(28)29-9-30-33)18(13)11-2-5-16(15(24)6-11)31-21(35)32-17-7-12(22(25,26)27)3-4-14(17)23;1-2/h2-10,18-19,34H,1H3,(H2,28,29,30)(H2,31,32,35);1-2H. The van der Waals surface area contributed by atoms with E-state index in [1.165, 1.54) is 30.4 Å². The third kappa shape index (κ3) is 5.70. The molecule has 0 aromatic heterocycles. The Hall–Kier alpha value is -4.44. The van der Waals surface area contributed by atoms with Crippen molar-refractivity contribution in [1.82, 2.24) is 5.01 Å². The molecule has 0 saturated carbocycles. The number of carbonyl (C=O) groups excluding carboxylic acids is 1. The van der Waals surface area contributed by atoms with E-state index in [0.29, 0.717) is 29.3 Å². The topological polar surface area (TPSA) is 115 Å². The molecule has 4 rings (SSSR count). The number of nitrogens with two attached hydrogens (primary N) is 1. The van der Waals surface area contributed by atoms with Crippen LogP contribution in [0.1, 0.15) is 24.0 Å². The summed E-state index contributed by atoms with van der Waals surface area (Å²) in [6, 6.07) is 3.63. The van der Waals surface area contributed by atoms with E-state index in [4.69, 9.17) is 5.73 Å². The van der Waals surface area contributed by atoms with Gasteiger partial charge in [-0.05, 0) is 48.4 Å². The largest absolute Gasteiger partial charge is 0.416 e. The Bertz CT molecular complexity index is 1300. The zero-order chi connectivity index (χ0) is 27.5. The third-order valence-electron chi connectivity index (χ3n) is 5.56. The van der Waals surface area contributed by atoms with Crippen molar-refractivity contribution in [2.45, 2.75) is 31.2 Å². The molecule has 8 nitrogen and oxygen atoms in total. The number of carbonyl (C=O) groups is 1. The minimum Gasteiger partial charge on any atom is -0.389 e. The van der Waals surface area contributed by atoms with Gasteiger partial charge in [-0.2, -0.15) is 18.3 Å². The molecular weight excluding hydrogens is 499 g/mol. The van der Waals surface area contributed by atoms with Crippen molar-refractivity contribution in [2.75, 3.05) is 10.6 Å². The number of terminal acetylenes is 1. The predicted molar refractivity (Wildman–Crippen MR) is 129 cm³/mol. The molecule has 194 valence electrons. The molecule has 2 aliphatic heterocycles. The van der Waals surface area contributed by atoms with Gasteiger partial charge in [0.25, 0.3) is 0 Å². The third-order valence-corrected chi connectivity index (χ3v) is 5.56. The molecule has 3 unspecified atom stereocenters. The first-order chi connectivity index (χ1) is 17.5. The number of fused-ring (bicyclic) bond motifs is 1. The van der Waals surface area contributed by atoms with E-state index in [9.17, 15) is 31.9 Å². The van der Waals surface area contributed by atoms with E-state index in [2.05, 4.69) is 28.3 Å². The number of anilines is 2. The minimum absolute atomic E-state index is 0.210. The van der Waals surface area contributed by atoms with Crippen LogP contribution in [-0.4, -0.2) is 40.5 Å². The van der Waals surface area contributed by atoms with Gasteiger partial charge in [-0.1, -0.05) is 6.07 Å². The summed E-state index contributed by atoms with van der Waals surface area (Å²) in [5.74, 6) is -2.35. The lowest BCUT2D eigenvalue weighted by atomic mass is 9.84. The predicted octanol–water partition coefficient (Wildman–Crippen LogP) is 4.22. The SMILES string of the molecule is C#C.CC(O)C1=CN2N=CN=C(N)C2C1c1ccc(NC(=O)Nc2cc(C(F)(F)F)ccc2F)c(F)c1. The number of hydrogen-bond donors (Lipinski definition) is 4. The van der Waals surface area contributed by atoms with Crippen LogP contribution in [0.15, 0.2) is 58.3 Å². The Morgan fingerprint density at radius 2 is 1.78 bits per heavy atom. The number of hydrazone groups is 1.